The highest BCUT2D eigenvalue weighted by atomic mass is 28.4. The quantitative estimate of drug-likeness (QED) is 0.456. The molecule has 3 nitrogen and oxygen atoms in total. The molecule has 0 N–H and O–H groups in total. The smallest absolute Gasteiger partial charge is 0.192 e. The van der Waals surface area contributed by atoms with E-state index in [-0.39, 0.29) is 11.1 Å². The van der Waals surface area contributed by atoms with Crippen LogP contribution in [0.3, 0.4) is 0 Å². The zero-order valence-electron chi connectivity index (χ0n) is 15.7. The van der Waals surface area contributed by atoms with Gasteiger partial charge in [0.25, 0.3) is 0 Å². The van der Waals surface area contributed by atoms with Crippen molar-refractivity contribution in [2.45, 2.75) is 83.9 Å². The van der Waals surface area contributed by atoms with Crippen LogP contribution in [0.2, 0.25) is 18.1 Å². The van der Waals surface area contributed by atoms with E-state index in [0.29, 0.717) is 19.1 Å². The van der Waals surface area contributed by atoms with Gasteiger partial charge in [0.05, 0.1) is 19.3 Å². The maximum Gasteiger partial charge on any atom is 0.192 e. The third-order valence-corrected chi connectivity index (χ3v) is 9.74. The van der Waals surface area contributed by atoms with Crippen molar-refractivity contribution in [3.63, 3.8) is 0 Å². The Labute approximate surface area is 138 Å². The monoisotopic (exact) mass is 328 g/mol. The van der Waals surface area contributed by atoms with Crippen molar-refractivity contribution < 1.29 is 13.9 Å². The van der Waals surface area contributed by atoms with Crippen LogP contribution in [0.1, 0.15) is 53.9 Å². The Kier molecular flexibility index (Phi) is 6.87. The lowest BCUT2D eigenvalue weighted by atomic mass is 9.94. The van der Waals surface area contributed by atoms with E-state index >= 15 is 0 Å². The van der Waals surface area contributed by atoms with Crippen LogP contribution in [0.4, 0.5) is 0 Å². The Morgan fingerprint density at radius 1 is 1.27 bits per heavy atom. The predicted molar refractivity (Wildman–Crippen MR) is 95.6 cm³/mol. The Balaban J connectivity index is 2.63. The van der Waals surface area contributed by atoms with Crippen molar-refractivity contribution in [3.05, 3.63) is 12.7 Å². The Bertz CT molecular complexity index is 354. The molecule has 0 unspecified atom stereocenters. The van der Waals surface area contributed by atoms with Crippen molar-refractivity contribution in [2.75, 3.05) is 13.2 Å². The molecule has 130 valence electrons. The third-order valence-electron chi connectivity index (χ3n) is 5.24. The van der Waals surface area contributed by atoms with Gasteiger partial charge in [0.1, 0.15) is 0 Å². The van der Waals surface area contributed by atoms with Gasteiger partial charge in [-0.05, 0) is 43.8 Å². The second-order valence-corrected chi connectivity index (χ2v) is 13.0. The number of hydrogen-bond acceptors (Lipinski definition) is 3. The summed E-state index contributed by atoms with van der Waals surface area (Å²) in [5, 5.41) is 0.232. The second-order valence-electron chi connectivity index (χ2n) is 8.29. The first-order valence-corrected chi connectivity index (χ1v) is 11.5. The Hall–Kier alpha value is -0.163. The van der Waals surface area contributed by atoms with E-state index in [1.54, 1.807) is 0 Å². The molecule has 0 amide bonds. The van der Waals surface area contributed by atoms with Crippen LogP contribution in [-0.4, -0.2) is 33.4 Å². The van der Waals surface area contributed by atoms with E-state index in [1.807, 2.05) is 13.0 Å². The molecule has 0 aromatic carbocycles. The molecule has 0 aliphatic carbocycles. The standard InChI is InChI=1S/C18H36O3Si/c1-9-10-16(21-22(7,8)17(3,4)5)15(2)11-12-18(6)19-13-14-20-18/h9,15-16H,1,10-14H2,2-8H3/t15-,16-/m0/s1. The summed E-state index contributed by atoms with van der Waals surface area (Å²) < 4.78 is 18.1. The molecule has 0 saturated carbocycles. The molecule has 1 aliphatic heterocycles. The van der Waals surface area contributed by atoms with Crippen molar-refractivity contribution in [1.82, 2.24) is 0 Å². The van der Waals surface area contributed by atoms with Crippen LogP contribution in [-0.2, 0) is 13.9 Å². The van der Waals surface area contributed by atoms with E-state index in [4.69, 9.17) is 13.9 Å². The number of rotatable bonds is 8. The van der Waals surface area contributed by atoms with E-state index in [1.165, 1.54) is 0 Å². The minimum atomic E-state index is -1.76. The fourth-order valence-electron chi connectivity index (χ4n) is 2.49. The summed E-state index contributed by atoms with van der Waals surface area (Å²) in [5.74, 6) is 0.0704. The number of hydrogen-bond donors (Lipinski definition) is 0. The number of ether oxygens (including phenoxy) is 2. The van der Waals surface area contributed by atoms with Crippen LogP contribution in [0, 0.1) is 5.92 Å². The van der Waals surface area contributed by atoms with Gasteiger partial charge in [-0.25, -0.2) is 0 Å². The van der Waals surface area contributed by atoms with Gasteiger partial charge in [-0.1, -0.05) is 33.8 Å². The highest BCUT2D eigenvalue weighted by Crippen LogP contribution is 2.39. The molecule has 1 saturated heterocycles. The van der Waals surface area contributed by atoms with Gasteiger partial charge in [0.2, 0.25) is 0 Å². The van der Waals surface area contributed by atoms with Gasteiger partial charge in [-0.15, -0.1) is 6.58 Å². The lowest BCUT2D eigenvalue weighted by molar-refractivity contribution is -0.150. The summed E-state index contributed by atoms with van der Waals surface area (Å²) in [6.45, 7) is 21.2. The van der Waals surface area contributed by atoms with Crippen molar-refractivity contribution in [3.8, 4) is 0 Å². The van der Waals surface area contributed by atoms with Gasteiger partial charge in [0, 0.05) is 6.42 Å². The Morgan fingerprint density at radius 2 is 1.82 bits per heavy atom. The zero-order chi connectivity index (χ0) is 17.0. The average molecular weight is 329 g/mol. The van der Waals surface area contributed by atoms with E-state index in [0.717, 1.165) is 19.3 Å². The second kappa shape index (κ2) is 7.60. The predicted octanol–water partition coefficient (Wildman–Crippen LogP) is 5.13. The molecule has 1 heterocycles. The molecule has 0 aromatic heterocycles. The summed E-state index contributed by atoms with van der Waals surface area (Å²) >= 11 is 0. The molecule has 0 aromatic rings. The van der Waals surface area contributed by atoms with Crippen LogP contribution in [0.5, 0.6) is 0 Å². The molecule has 1 fully saturated rings. The summed E-state index contributed by atoms with van der Waals surface area (Å²) in [6, 6.07) is 0. The minimum Gasteiger partial charge on any atom is -0.413 e. The van der Waals surface area contributed by atoms with Crippen LogP contribution in [0.25, 0.3) is 0 Å². The van der Waals surface area contributed by atoms with Gasteiger partial charge in [0.15, 0.2) is 14.1 Å². The topological polar surface area (TPSA) is 27.7 Å². The molecule has 0 bridgehead atoms. The maximum atomic E-state index is 6.64. The Morgan fingerprint density at radius 3 is 2.27 bits per heavy atom. The third kappa shape index (κ3) is 5.48. The minimum absolute atomic E-state index is 0.232. The van der Waals surface area contributed by atoms with Crippen LogP contribution >= 0.6 is 0 Å². The fourth-order valence-corrected chi connectivity index (χ4v) is 3.93. The summed E-state index contributed by atoms with van der Waals surface area (Å²) in [4.78, 5) is 0. The maximum absolute atomic E-state index is 6.64. The lowest BCUT2D eigenvalue weighted by Crippen LogP contribution is -2.45. The van der Waals surface area contributed by atoms with E-state index in [9.17, 15) is 0 Å². The summed E-state index contributed by atoms with van der Waals surface area (Å²) in [6.07, 6.45) is 5.10. The van der Waals surface area contributed by atoms with Crippen molar-refractivity contribution in [2.24, 2.45) is 5.92 Å². The van der Waals surface area contributed by atoms with Crippen molar-refractivity contribution in [1.29, 1.82) is 0 Å². The van der Waals surface area contributed by atoms with E-state index in [2.05, 4.69) is 47.4 Å². The average Bonchev–Trinajstić information content (AvgIpc) is 2.81. The normalized spacial score (nSPS) is 21.6. The largest absolute Gasteiger partial charge is 0.413 e. The van der Waals surface area contributed by atoms with Crippen LogP contribution in [0.15, 0.2) is 12.7 Å². The highest BCUT2D eigenvalue weighted by molar-refractivity contribution is 6.74. The molecule has 22 heavy (non-hydrogen) atoms. The van der Waals surface area contributed by atoms with E-state index < -0.39 is 14.1 Å². The first-order valence-electron chi connectivity index (χ1n) is 8.57. The van der Waals surface area contributed by atoms with Gasteiger partial charge < -0.3 is 13.9 Å². The fraction of sp³-hybridized carbons (Fsp3) is 0.889. The molecule has 2 atom stereocenters. The molecular formula is C18H36O3Si. The summed E-state index contributed by atoms with van der Waals surface area (Å²) in [5.41, 5.74) is 0. The first-order chi connectivity index (χ1) is 10.0. The zero-order valence-corrected chi connectivity index (χ0v) is 16.7. The van der Waals surface area contributed by atoms with Crippen LogP contribution < -0.4 is 0 Å². The first kappa shape index (κ1) is 19.9. The molecule has 0 radical (unpaired) electrons. The highest BCUT2D eigenvalue weighted by Gasteiger charge is 2.40. The summed E-state index contributed by atoms with van der Waals surface area (Å²) in [7, 11) is -1.76. The molecule has 4 heteroatoms. The van der Waals surface area contributed by atoms with Gasteiger partial charge >= 0.3 is 0 Å². The van der Waals surface area contributed by atoms with Gasteiger partial charge in [-0.2, -0.15) is 0 Å². The lowest BCUT2D eigenvalue weighted by Gasteiger charge is -2.41. The van der Waals surface area contributed by atoms with Gasteiger partial charge in [-0.3, -0.25) is 0 Å². The molecular weight excluding hydrogens is 292 g/mol. The molecule has 0 spiro atoms. The molecule has 1 rings (SSSR count). The SMILES string of the molecule is C=CC[C@H](O[Si](C)(C)C(C)(C)C)[C@@H](C)CCC1(C)OCCO1. The molecule has 1 aliphatic rings. The van der Waals surface area contributed by atoms with Crippen molar-refractivity contribution >= 4 is 8.32 Å².